The van der Waals surface area contributed by atoms with Crippen LogP contribution in [0.1, 0.15) is 16.8 Å². The highest BCUT2D eigenvalue weighted by Crippen LogP contribution is 2.17. The van der Waals surface area contributed by atoms with Crippen LogP contribution in [-0.4, -0.2) is 76.3 Å². The van der Waals surface area contributed by atoms with E-state index in [0.717, 1.165) is 45.5 Å². The third kappa shape index (κ3) is 4.15. The van der Waals surface area contributed by atoms with E-state index in [1.165, 1.54) is 12.1 Å². The van der Waals surface area contributed by atoms with Gasteiger partial charge < -0.3 is 9.64 Å². The number of amides is 1. The largest absolute Gasteiger partial charge is 0.381 e. The lowest BCUT2D eigenvalue weighted by atomic mass is 10.1. The van der Waals surface area contributed by atoms with Crippen molar-refractivity contribution in [3.05, 3.63) is 29.8 Å². The van der Waals surface area contributed by atoms with Crippen molar-refractivity contribution in [2.75, 3.05) is 52.2 Å². The quantitative estimate of drug-likeness (QED) is 0.805. The van der Waals surface area contributed by atoms with Crippen molar-refractivity contribution >= 4 is 15.7 Å². The van der Waals surface area contributed by atoms with Crippen LogP contribution in [0.2, 0.25) is 0 Å². The molecule has 1 unspecified atom stereocenters. The monoisotopic (exact) mass is 352 g/mol. The first kappa shape index (κ1) is 17.4. The summed E-state index contributed by atoms with van der Waals surface area (Å²) in [7, 11) is -3.30. The molecular weight excluding hydrogens is 328 g/mol. The first-order valence-electron chi connectivity index (χ1n) is 8.33. The summed E-state index contributed by atoms with van der Waals surface area (Å²) in [4.78, 5) is 17.0. The lowest BCUT2D eigenvalue weighted by Gasteiger charge is -2.35. The van der Waals surface area contributed by atoms with Gasteiger partial charge in [0.2, 0.25) is 0 Å². The van der Waals surface area contributed by atoms with Crippen LogP contribution >= 0.6 is 0 Å². The number of carbonyl (C=O) groups excluding carboxylic acids is 1. The Morgan fingerprint density at radius 2 is 2.00 bits per heavy atom. The van der Waals surface area contributed by atoms with Crippen molar-refractivity contribution in [1.29, 1.82) is 0 Å². The van der Waals surface area contributed by atoms with Gasteiger partial charge >= 0.3 is 0 Å². The van der Waals surface area contributed by atoms with E-state index < -0.39 is 9.84 Å². The molecule has 0 N–H and O–H groups in total. The standard InChI is InChI=1S/C17H24N2O4S/c1-24(21,22)16-4-2-3-15(11-16)17(20)19-8-6-18(7-9-19)12-14-5-10-23-13-14/h2-4,11,14H,5-10,12-13H2,1H3. The zero-order valence-electron chi connectivity index (χ0n) is 14.0. The van der Waals surface area contributed by atoms with Gasteiger partial charge in [-0.25, -0.2) is 8.42 Å². The average Bonchev–Trinajstić information content (AvgIpc) is 3.07. The fraction of sp³-hybridized carbons (Fsp3) is 0.588. The summed E-state index contributed by atoms with van der Waals surface area (Å²) in [5.74, 6) is 0.517. The SMILES string of the molecule is CS(=O)(=O)c1cccc(C(=O)N2CCN(CC3CCOC3)CC2)c1. The molecule has 2 saturated heterocycles. The van der Waals surface area contributed by atoms with E-state index in [1.54, 1.807) is 12.1 Å². The Labute approximate surface area is 143 Å². The van der Waals surface area contributed by atoms with E-state index in [-0.39, 0.29) is 10.8 Å². The Morgan fingerprint density at radius 1 is 1.25 bits per heavy atom. The number of rotatable bonds is 4. The number of hydrogen-bond acceptors (Lipinski definition) is 5. The van der Waals surface area contributed by atoms with Gasteiger partial charge in [0, 0.05) is 51.1 Å². The van der Waals surface area contributed by atoms with E-state index in [1.807, 2.05) is 4.90 Å². The van der Waals surface area contributed by atoms with Crippen molar-refractivity contribution in [3.8, 4) is 0 Å². The minimum Gasteiger partial charge on any atom is -0.381 e. The highest BCUT2D eigenvalue weighted by atomic mass is 32.2. The van der Waals surface area contributed by atoms with Crippen LogP contribution < -0.4 is 0 Å². The Morgan fingerprint density at radius 3 is 2.62 bits per heavy atom. The summed E-state index contributed by atoms with van der Waals surface area (Å²) in [5, 5.41) is 0. The van der Waals surface area contributed by atoms with Crippen LogP contribution in [0.25, 0.3) is 0 Å². The van der Waals surface area contributed by atoms with Crippen LogP contribution in [0, 0.1) is 5.92 Å². The number of piperazine rings is 1. The van der Waals surface area contributed by atoms with E-state index >= 15 is 0 Å². The molecule has 3 rings (SSSR count). The van der Waals surface area contributed by atoms with E-state index in [2.05, 4.69) is 4.90 Å². The van der Waals surface area contributed by atoms with Crippen LogP contribution in [-0.2, 0) is 14.6 Å². The van der Waals surface area contributed by atoms with Crippen LogP contribution in [0.15, 0.2) is 29.2 Å². The van der Waals surface area contributed by atoms with Gasteiger partial charge in [-0.3, -0.25) is 9.69 Å². The minimum absolute atomic E-state index is 0.0932. The third-order valence-electron chi connectivity index (χ3n) is 4.71. The molecule has 24 heavy (non-hydrogen) atoms. The second-order valence-electron chi connectivity index (χ2n) is 6.62. The number of hydrogen-bond donors (Lipinski definition) is 0. The zero-order valence-corrected chi connectivity index (χ0v) is 14.8. The molecule has 1 aromatic rings. The number of carbonyl (C=O) groups is 1. The molecule has 2 heterocycles. The van der Waals surface area contributed by atoms with E-state index in [9.17, 15) is 13.2 Å². The predicted octanol–water partition coefficient (Wildman–Crippen LogP) is 0.884. The molecule has 1 atom stereocenters. The maximum atomic E-state index is 12.6. The molecule has 0 spiro atoms. The number of sulfone groups is 1. The minimum atomic E-state index is -3.30. The van der Waals surface area contributed by atoms with Gasteiger partial charge in [-0.1, -0.05) is 6.07 Å². The molecule has 0 saturated carbocycles. The maximum absolute atomic E-state index is 12.6. The smallest absolute Gasteiger partial charge is 0.253 e. The summed E-state index contributed by atoms with van der Waals surface area (Å²) < 4.78 is 28.7. The molecule has 2 aliphatic rings. The van der Waals surface area contributed by atoms with Crippen molar-refractivity contribution < 1.29 is 17.9 Å². The Kier molecular flexibility index (Phi) is 5.22. The lowest BCUT2D eigenvalue weighted by molar-refractivity contribution is 0.0611. The fourth-order valence-corrected chi connectivity index (χ4v) is 3.94. The summed E-state index contributed by atoms with van der Waals surface area (Å²) in [6.07, 6.45) is 2.28. The van der Waals surface area contributed by atoms with Crippen molar-refractivity contribution in [2.45, 2.75) is 11.3 Å². The molecule has 2 aliphatic heterocycles. The Balaban J connectivity index is 1.59. The average molecular weight is 352 g/mol. The molecular formula is C17H24N2O4S. The zero-order chi connectivity index (χ0) is 17.2. The lowest BCUT2D eigenvalue weighted by Crippen LogP contribution is -2.49. The molecule has 1 aromatic carbocycles. The van der Waals surface area contributed by atoms with Gasteiger partial charge in [0.05, 0.1) is 11.5 Å². The summed E-state index contributed by atoms with van der Waals surface area (Å²) in [6.45, 7) is 5.80. The Hall–Kier alpha value is -1.44. The highest BCUT2D eigenvalue weighted by molar-refractivity contribution is 7.90. The molecule has 0 aromatic heterocycles. The maximum Gasteiger partial charge on any atom is 0.253 e. The molecule has 2 fully saturated rings. The first-order chi connectivity index (χ1) is 11.4. The molecule has 0 bridgehead atoms. The predicted molar refractivity (Wildman–Crippen MR) is 90.8 cm³/mol. The van der Waals surface area contributed by atoms with Crippen molar-refractivity contribution in [2.24, 2.45) is 5.92 Å². The molecule has 1 amide bonds. The second kappa shape index (κ2) is 7.21. The summed E-state index contributed by atoms with van der Waals surface area (Å²) in [6, 6.07) is 6.30. The highest BCUT2D eigenvalue weighted by Gasteiger charge is 2.25. The molecule has 0 aliphatic carbocycles. The normalized spacial score (nSPS) is 22.7. The number of ether oxygens (including phenoxy) is 1. The summed E-state index contributed by atoms with van der Waals surface area (Å²) >= 11 is 0. The van der Waals surface area contributed by atoms with Crippen molar-refractivity contribution in [1.82, 2.24) is 9.80 Å². The Bertz CT molecular complexity index is 690. The van der Waals surface area contributed by atoms with Gasteiger partial charge in [0.15, 0.2) is 9.84 Å². The van der Waals surface area contributed by atoms with E-state index in [0.29, 0.717) is 24.6 Å². The van der Waals surface area contributed by atoms with Gasteiger partial charge in [-0.2, -0.15) is 0 Å². The molecule has 0 radical (unpaired) electrons. The number of nitrogens with zero attached hydrogens (tertiary/aromatic N) is 2. The topological polar surface area (TPSA) is 66.9 Å². The molecule has 6 nitrogen and oxygen atoms in total. The molecule has 132 valence electrons. The fourth-order valence-electron chi connectivity index (χ4n) is 3.27. The van der Waals surface area contributed by atoms with Crippen LogP contribution in [0.4, 0.5) is 0 Å². The van der Waals surface area contributed by atoms with Gasteiger partial charge in [-0.05, 0) is 30.5 Å². The van der Waals surface area contributed by atoms with Crippen LogP contribution in [0.3, 0.4) is 0 Å². The molecule has 7 heteroatoms. The first-order valence-corrected chi connectivity index (χ1v) is 10.2. The second-order valence-corrected chi connectivity index (χ2v) is 8.64. The summed E-state index contributed by atoms with van der Waals surface area (Å²) in [5.41, 5.74) is 0.440. The third-order valence-corrected chi connectivity index (χ3v) is 5.82. The van der Waals surface area contributed by atoms with Crippen LogP contribution in [0.5, 0.6) is 0 Å². The van der Waals surface area contributed by atoms with Gasteiger partial charge in [-0.15, -0.1) is 0 Å². The van der Waals surface area contributed by atoms with Gasteiger partial charge in [0.25, 0.3) is 5.91 Å². The van der Waals surface area contributed by atoms with Crippen molar-refractivity contribution in [3.63, 3.8) is 0 Å². The van der Waals surface area contributed by atoms with E-state index in [4.69, 9.17) is 4.74 Å². The number of benzene rings is 1. The van der Waals surface area contributed by atoms with Gasteiger partial charge in [0.1, 0.15) is 0 Å².